The molecule has 19 heavy (non-hydrogen) atoms. The summed E-state index contributed by atoms with van der Waals surface area (Å²) >= 11 is 14.9. The van der Waals surface area contributed by atoms with Gasteiger partial charge in [-0.2, -0.15) is 0 Å². The SMILES string of the molecule is Cc1ccc(Br)c(NC(=O)c2cnc(Cl)c(Cl)c2)c1. The minimum absolute atomic E-state index is 0.176. The van der Waals surface area contributed by atoms with Crippen LogP contribution in [0.3, 0.4) is 0 Å². The molecule has 0 atom stereocenters. The van der Waals surface area contributed by atoms with Crippen LogP contribution in [-0.2, 0) is 0 Å². The molecule has 0 spiro atoms. The number of rotatable bonds is 2. The minimum atomic E-state index is -0.294. The topological polar surface area (TPSA) is 42.0 Å². The molecule has 1 N–H and O–H groups in total. The number of halogens is 3. The third kappa shape index (κ3) is 3.47. The van der Waals surface area contributed by atoms with E-state index >= 15 is 0 Å². The lowest BCUT2D eigenvalue weighted by Crippen LogP contribution is -2.12. The quantitative estimate of drug-likeness (QED) is 0.789. The summed E-state index contributed by atoms with van der Waals surface area (Å²) in [5.74, 6) is -0.294. The maximum absolute atomic E-state index is 12.1. The van der Waals surface area contributed by atoms with E-state index in [1.807, 2.05) is 25.1 Å². The fraction of sp³-hybridized carbons (Fsp3) is 0.0769. The molecule has 0 unspecified atom stereocenters. The van der Waals surface area contributed by atoms with E-state index in [0.717, 1.165) is 10.0 Å². The van der Waals surface area contributed by atoms with E-state index in [9.17, 15) is 4.79 Å². The molecule has 0 fully saturated rings. The lowest BCUT2D eigenvalue weighted by Gasteiger charge is -2.08. The molecule has 98 valence electrons. The lowest BCUT2D eigenvalue weighted by atomic mass is 10.2. The van der Waals surface area contributed by atoms with Crippen LogP contribution in [0.1, 0.15) is 15.9 Å². The molecule has 0 aliphatic carbocycles. The fourth-order valence-electron chi connectivity index (χ4n) is 1.47. The molecule has 6 heteroatoms. The van der Waals surface area contributed by atoms with E-state index in [2.05, 4.69) is 26.2 Å². The normalized spacial score (nSPS) is 10.3. The first-order chi connectivity index (χ1) is 8.97. The Morgan fingerprint density at radius 3 is 2.74 bits per heavy atom. The Bertz CT molecular complexity index is 647. The van der Waals surface area contributed by atoms with Gasteiger partial charge in [0.05, 0.1) is 16.3 Å². The van der Waals surface area contributed by atoms with Gasteiger partial charge in [-0.3, -0.25) is 4.79 Å². The molecular formula is C13H9BrCl2N2O. The number of hydrogen-bond donors (Lipinski definition) is 1. The van der Waals surface area contributed by atoms with Crippen LogP contribution in [0.4, 0.5) is 5.69 Å². The van der Waals surface area contributed by atoms with Crippen molar-refractivity contribution in [1.82, 2.24) is 4.98 Å². The van der Waals surface area contributed by atoms with Gasteiger partial charge in [0, 0.05) is 10.7 Å². The van der Waals surface area contributed by atoms with Crippen molar-refractivity contribution in [3.05, 3.63) is 56.2 Å². The van der Waals surface area contributed by atoms with Crippen LogP contribution in [0.2, 0.25) is 10.2 Å². The van der Waals surface area contributed by atoms with Crippen molar-refractivity contribution in [2.75, 3.05) is 5.32 Å². The largest absolute Gasteiger partial charge is 0.321 e. The Hall–Kier alpha value is -1.10. The highest BCUT2D eigenvalue weighted by molar-refractivity contribution is 9.10. The first kappa shape index (κ1) is 14.3. The number of amides is 1. The van der Waals surface area contributed by atoms with Gasteiger partial charge in [-0.05, 0) is 46.6 Å². The lowest BCUT2D eigenvalue weighted by molar-refractivity contribution is 0.102. The van der Waals surface area contributed by atoms with E-state index in [-0.39, 0.29) is 16.1 Å². The number of benzene rings is 1. The summed E-state index contributed by atoms with van der Waals surface area (Å²) in [6, 6.07) is 7.17. The second-order valence-electron chi connectivity index (χ2n) is 3.93. The zero-order valence-corrected chi connectivity index (χ0v) is 13.0. The predicted molar refractivity (Wildman–Crippen MR) is 81.1 cm³/mol. The van der Waals surface area contributed by atoms with Crippen LogP contribution in [-0.4, -0.2) is 10.9 Å². The van der Waals surface area contributed by atoms with E-state index in [1.54, 1.807) is 0 Å². The highest BCUT2D eigenvalue weighted by Crippen LogP contribution is 2.25. The molecule has 0 saturated carbocycles. The summed E-state index contributed by atoms with van der Waals surface area (Å²) in [6.45, 7) is 1.95. The first-order valence-electron chi connectivity index (χ1n) is 5.36. The molecule has 2 aromatic rings. The van der Waals surface area contributed by atoms with Gasteiger partial charge in [-0.1, -0.05) is 29.3 Å². The summed E-state index contributed by atoms with van der Waals surface area (Å²) in [6.07, 6.45) is 1.38. The molecule has 1 amide bonds. The number of anilines is 1. The maximum Gasteiger partial charge on any atom is 0.257 e. The van der Waals surface area contributed by atoms with Gasteiger partial charge in [0.1, 0.15) is 5.15 Å². The summed E-state index contributed by atoms with van der Waals surface area (Å²) in [5, 5.41) is 3.21. The standard InChI is InChI=1S/C13H9BrCl2N2O/c1-7-2-3-9(14)11(4-7)18-13(19)8-5-10(15)12(16)17-6-8/h2-6H,1H3,(H,18,19). The Labute approximate surface area is 129 Å². The number of pyridine rings is 1. The molecule has 3 nitrogen and oxygen atoms in total. The van der Waals surface area contributed by atoms with Crippen LogP contribution in [0, 0.1) is 6.92 Å². The van der Waals surface area contributed by atoms with E-state index < -0.39 is 0 Å². The average Bonchev–Trinajstić information content (AvgIpc) is 2.37. The summed E-state index contributed by atoms with van der Waals surface area (Å²) in [7, 11) is 0. The Balaban J connectivity index is 2.25. The van der Waals surface area contributed by atoms with Crippen LogP contribution >= 0.6 is 39.1 Å². The zero-order valence-electron chi connectivity index (χ0n) is 9.88. The van der Waals surface area contributed by atoms with Crippen molar-refractivity contribution in [3.8, 4) is 0 Å². The van der Waals surface area contributed by atoms with Crippen molar-refractivity contribution in [1.29, 1.82) is 0 Å². The van der Waals surface area contributed by atoms with E-state index in [1.165, 1.54) is 12.3 Å². The predicted octanol–water partition coefficient (Wildman–Crippen LogP) is 4.71. The van der Waals surface area contributed by atoms with Gasteiger partial charge in [-0.15, -0.1) is 0 Å². The van der Waals surface area contributed by atoms with Gasteiger partial charge in [-0.25, -0.2) is 4.98 Å². The molecule has 0 bridgehead atoms. The summed E-state index contributed by atoms with van der Waals surface area (Å²) in [5.41, 5.74) is 2.09. The number of aryl methyl sites for hydroxylation is 1. The summed E-state index contributed by atoms with van der Waals surface area (Å²) < 4.78 is 0.805. The summed E-state index contributed by atoms with van der Waals surface area (Å²) in [4.78, 5) is 15.9. The smallest absolute Gasteiger partial charge is 0.257 e. The Kier molecular flexibility index (Phi) is 4.45. The Morgan fingerprint density at radius 1 is 1.32 bits per heavy atom. The van der Waals surface area contributed by atoms with Crippen LogP contribution in [0.25, 0.3) is 0 Å². The second-order valence-corrected chi connectivity index (χ2v) is 5.55. The number of aromatic nitrogens is 1. The molecule has 2 rings (SSSR count). The average molecular weight is 360 g/mol. The molecule has 0 saturated heterocycles. The van der Waals surface area contributed by atoms with Crippen molar-refractivity contribution in [2.24, 2.45) is 0 Å². The number of nitrogens with one attached hydrogen (secondary N) is 1. The molecule has 1 heterocycles. The van der Waals surface area contributed by atoms with Crippen LogP contribution in [0.5, 0.6) is 0 Å². The zero-order chi connectivity index (χ0) is 14.0. The third-order valence-electron chi connectivity index (χ3n) is 2.43. The molecule has 1 aromatic heterocycles. The van der Waals surface area contributed by atoms with Crippen LogP contribution in [0.15, 0.2) is 34.9 Å². The first-order valence-corrected chi connectivity index (χ1v) is 6.91. The van der Waals surface area contributed by atoms with E-state index in [0.29, 0.717) is 11.3 Å². The number of carbonyl (C=O) groups excluding carboxylic acids is 1. The van der Waals surface area contributed by atoms with Crippen molar-refractivity contribution >= 4 is 50.7 Å². The van der Waals surface area contributed by atoms with Gasteiger partial charge >= 0.3 is 0 Å². The van der Waals surface area contributed by atoms with Gasteiger partial charge in [0.2, 0.25) is 0 Å². The molecule has 0 radical (unpaired) electrons. The maximum atomic E-state index is 12.1. The van der Waals surface area contributed by atoms with E-state index in [4.69, 9.17) is 23.2 Å². The monoisotopic (exact) mass is 358 g/mol. The van der Waals surface area contributed by atoms with Gasteiger partial charge in [0.15, 0.2) is 0 Å². The molecular weight excluding hydrogens is 351 g/mol. The number of nitrogens with zero attached hydrogens (tertiary/aromatic N) is 1. The van der Waals surface area contributed by atoms with Gasteiger partial charge < -0.3 is 5.32 Å². The molecule has 0 aliphatic rings. The number of carbonyl (C=O) groups is 1. The minimum Gasteiger partial charge on any atom is -0.321 e. The third-order valence-corrected chi connectivity index (χ3v) is 3.81. The van der Waals surface area contributed by atoms with Gasteiger partial charge in [0.25, 0.3) is 5.91 Å². The van der Waals surface area contributed by atoms with Crippen molar-refractivity contribution in [3.63, 3.8) is 0 Å². The number of hydrogen-bond acceptors (Lipinski definition) is 2. The molecule has 1 aromatic carbocycles. The highest BCUT2D eigenvalue weighted by Gasteiger charge is 2.11. The van der Waals surface area contributed by atoms with Crippen LogP contribution < -0.4 is 5.32 Å². The van der Waals surface area contributed by atoms with Crippen molar-refractivity contribution in [2.45, 2.75) is 6.92 Å². The second kappa shape index (κ2) is 5.90. The fourth-order valence-corrected chi connectivity index (χ4v) is 2.09. The van der Waals surface area contributed by atoms with Crippen molar-refractivity contribution < 1.29 is 4.79 Å². The highest BCUT2D eigenvalue weighted by atomic mass is 79.9. The Morgan fingerprint density at radius 2 is 2.05 bits per heavy atom. The molecule has 0 aliphatic heterocycles.